The third-order valence-electron chi connectivity index (χ3n) is 7.02. The molecular weight excluding hydrogens is 466 g/mol. The number of anilines is 1. The predicted octanol–water partition coefficient (Wildman–Crippen LogP) is 3.80. The lowest BCUT2D eigenvalue weighted by Crippen LogP contribution is -2.44. The Labute approximate surface area is 203 Å². The Kier molecular flexibility index (Phi) is 7.02. The van der Waals surface area contributed by atoms with Gasteiger partial charge in [0.2, 0.25) is 0 Å². The number of ether oxygens (including phenoxy) is 1. The molecule has 0 amide bonds. The first-order valence-electron chi connectivity index (χ1n) is 11.6. The van der Waals surface area contributed by atoms with E-state index < -0.39 is 0 Å². The third-order valence-corrected chi connectivity index (χ3v) is 7.62. The second kappa shape index (κ2) is 9.98. The first-order valence-corrected chi connectivity index (χ1v) is 12.3. The molecule has 7 nitrogen and oxygen atoms in total. The van der Waals surface area contributed by atoms with Gasteiger partial charge in [-0.1, -0.05) is 23.2 Å². The van der Waals surface area contributed by atoms with Gasteiger partial charge in [-0.15, -0.1) is 0 Å². The molecule has 2 aromatic heterocycles. The van der Waals surface area contributed by atoms with Crippen molar-refractivity contribution in [1.82, 2.24) is 26.1 Å². The lowest BCUT2D eigenvalue weighted by atomic mass is 9.78. The maximum absolute atomic E-state index is 15.0. The van der Waals surface area contributed by atoms with E-state index in [1.165, 1.54) is 0 Å². The largest absolute Gasteiger partial charge is 0.370 e. The standard InChI is InChI=1S/C23H29Cl2FN6O/c1-13(21-17(24)11-28-12-18(21)25)33-15-2-3-20-16(9-15)22(31-30-20)14-8-19(26)23(29-10-14)32-6-4-27-5-7-32/h8,10-13,15-16,20,22,27,30-31H,2-7,9H2,1H3/t13-,15?,16?,20?,22?/m1/s1. The highest BCUT2D eigenvalue weighted by Gasteiger charge is 2.42. The van der Waals surface area contributed by atoms with Gasteiger partial charge in [-0.2, -0.15) is 0 Å². The molecule has 2 saturated heterocycles. The SMILES string of the molecule is C[C@@H](OC1CCC2NNC(c3cnc(N4CCNCC4)c(F)c3)C2C1)c1c(Cl)cncc1Cl. The van der Waals surface area contributed by atoms with E-state index in [2.05, 4.69) is 26.1 Å². The van der Waals surface area contributed by atoms with Gasteiger partial charge in [-0.05, 0) is 43.7 Å². The number of rotatable bonds is 5. The van der Waals surface area contributed by atoms with Crippen LogP contribution >= 0.6 is 23.2 Å². The summed E-state index contributed by atoms with van der Waals surface area (Å²) in [5.41, 5.74) is 8.41. The summed E-state index contributed by atoms with van der Waals surface area (Å²) in [6.07, 6.45) is 7.56. The van der Waals surface area contributed by atoms with Crippen LogP contribution in [0.2, 0.25) is 10.0 Å². The number of hydrogen-bond acceptors (Lipinski definition) is 7. The molecule has 2 aliphatic heterocycles. The van der Waals surface area contributed by atoms with Crippen molar-refractivity contribution < 1.29 is 9.13 Å². The Morgan fingerprint density at radius 2 is 1.88 bits per heavy atom. The molecule has 33 heavy (non-hydrogen) atoms. The van der Waals surface area contributed by atoms with E-state index in [1.54, 1.807) is 18.5 Å². The van der Waals surface area contributed by atoms with Crippen LogP contribution in [-0.4, -0.2) is 48.3 Å². The Morgan fingerprint density at radius 1 is 1.12 bits per heavy atom. The molecule has 5 rings (SSSR count). The molecule has 0 bridgehead atoms. The fourth-order valence-electron chi connectivity index (χ4n) is 5.36. The number of nitrogens with one attached hydrogen (secondary N) is 3. The van der Waals surface area contributed by atoms with E-state index in [-0.39, 0.29) is 30.0 Å². The number of hydrazine groups is 1. The number of aromatic nitrogens is 2. The van der Waals surface area contributed by atoms with Crippen molar-refractivity contribution in [2.45, 2.75) is 50.5 Å². The van der Waals surface area contributed by atoms with E-state index in [9.17, 15) is 4.39 Å². The van der Waals surface area contributed by atoms with Gasteiger partial charge in [0.05, 0.1) is 28.3 Å². The number of piperazine rings is 1. The van der Waals surface area contributed by atoms with Gasteiger partial charge in [0.15, 0.2) is 11.6 Å². The van der Waals surface area contributed by atoms with Gasteiger partial charge in [0.25, 0.3) is 0 Å². The van der Waals surface area contributed by atoms with Crippen LogP contribution in [0.3, 0.4) is 0 Å². The van der Waals surface area contributed by atoms with Crippen molar-refractivity contribution in [2.75, 3.05) is 31.1 Å². The number of hydrogen-bond donors (Lipinski definition) is 3. The second-order valence-corrected chi connectivity index (χ2v) is 9.89. The Balaban J connectivity index is 1.28. The van der Waals surface area contributed by atoms with Crippen LogP contribution < -0.4 is 21.1 Å². The van der Waals surface area contributed by atoms with Gasteiger partial charge in [0, 0.05) is 56.4 Å². The van der Waals surface area contributed by atoms with Crippen LogP contribution in [0.25, 0.3) is 0 Å². The predicted molar refractivity (Wildman–Crippen MR) is 127 cm³/mol. The summed E-state index contributed by atoms with van der Waals surface area (Å²) in [5.74, 6) is 0.442. The van der Waals surface area contributed by atoms with Crippen molar-refractivity contribution in [2.24, 2.45) is 5.92 Å². The van der Waals surface area contributed by atoms with Crippen molar-refractivity contribution in [3.63, 3.8) is 0 Å². The maximum atomic E-state index is 15.0. The van der Waals surface area contributed by atoms with E-state index >= 15 is 0 Å². The number of fused-ring (bicyclic) bond motifs is 1. The topological polar surface area (TPSA) is 74.3 Å². The lowest BCUT2D eigenvalue weighted by molar-refractivity contribution is -0.0370. The van der Waals surface area contributed by atoms with Crippen LogP contribution in [0.4, 0.5) is 10.2 Å². The number of pyridine rings is 2. The average Bonchev–Trinajstić information content (AvgIpc) is 3.23. The molecule has 3 aliphatic rings. The van der Waals surface area contributed by atoms with Gasteiger partial charge in [-0.25, -0.2) is 14.8 Å². The summed E-state index contributed by atoms with van der Waals surface area (Å²) >= 11 is 12.6. The summed E-state index contributed by atoms with van der Waals surface area (Å²) in [7, 11) is 0. The Morgan fingerprint density at radius 3 is 2.61 bits per heavy atom. The molecule has 0 spiro atoms. The lowest BCUT2D eigenvalue weighted by Gasteiger charge is -2.35. The van der Waals surface area contributed by atoms with E-state index in [0.717, 1.165) is 56.6 Å². The fraction of sp³-hybridized carbons (Fsp3) is 0.565. The first kappa shape index (κ1) is 23.2. The zero-order valence-corrected chi connectivity index (χ0v) is 20.0. The minimum Gasteiger partial charge on any atom is -0.370 e. The molecule has 3 fully saturated rings. The smallest absolute Gasteiger partial charge is 0.165 e. The summed E-state index contributed by atoms with van der Waals surface area (Å²) in [4.78, 5) is 10.5. The van der Waals surface area contributed by atoms with Crippen LogP contribution in [0.15, 0.2) is 24.7 Å². The van der Waals surface area contributed by atoms with Gasteiger partial charge in [0.1, 0.15) is 0 Å². The van der Waals surface area contributed by atoms with E-state index in [0.29, 0.717) is 21.9 Å². The van der Waals surface area contributed by atoms with Crippen LogP contribution in [0.5, 0.6) is 0 Å². The molecule has 0 radical (unpaired) electrons. The van der Waals surface area contributed by atoms with Crippen LogP contribution in [-0.2, 0) is 4.74 Å². The van der Waals surface area contributed by atoms with Gasteiger partial charge < -0.3 is 15.0 Å². The zero-order valence-electron chi connectivity index (χ0n) is 18.5. The highest BCUT2D eigenvalue weighted by Crippen LogP contribution is 2.41. The molecule has 5 atom stereocenters. The minimum atomic E-state index is -0.265. The van der Waals surface area contributed by atoms with Gasteiger partial charge >= 0.3 is 0 Å². The van der Waals surface area contributed by atoms with Crippen molar-refractivity contribution in [1.29, 1.82) is 0 Å². The quantitative estimate of drug-likeness (QED) is 0.583. The van der Waals surface area contributed by atoms with Crippen molar-refractivity contribution in [3.05, 3.63) is 51.6 Å². The molecule has 0 aromatic carbocycles. The monoisotopic (exact) mass is 494 g/mol. The molecule has 3 N–H and O–H groups in total. The Hall–Kier alpha value is -1.55. The maximum Gasteiger partial charge on any atom is 0.165 e. The average molecular weight is 495 g/mol. The molecule has 178 valence electrons. The van der Waals surface area contributed by atoms with E-state index in [1.807, 2.05) is 18.0 Å². The van der Waals surface area contributed by atoms with Crippen molar-refractivity contribution in [3.8, 4) is 0 Å². The second-order valence-electron chi connectivity index (χ2n) is 9.08. The number of halogens is 3. The van der Waals surface area contributed by atoms with Gasteiger partial charge in [-0.3, -0.25) is 10.4 Å². The molecule has 1 saturated carbocycles. The zero-order chi connectivity index (χ0) is 22.9. The highest BCUT2D eigenvalue weighted by atomic mass is 35.5. The summed E-state index contributed by atoms with van der Waals surface area (Å²) in [5, 5.41) is 4.31. The molecule has 10 heteroatoms. The molecular formula is C23H29Cl2FN6O. The Bertz CT molecular complexity index is 971. The van der Waals surface area contributed by atoms with Crippen LogP contribution in [0.1, 0.15) is 49.5 Å². The number of nitrogens with zero attached hydrogens (tertiary/aromatic N) is 3. The summed E-state index contributed by atoms with van der Waals surface area (Å²) in [6, 6.07) is 1.92. The molecule has 4 heterocycles. The third kappa shape index (κ3) is 4.83. The summed E-state index contributed by atoms with van der Waals surface area (Å²) in [6.45, 7) is 5.18. The van der Waals surface area contributed by atoms with E-state index in [4.69, 9.17) is 27.9 Å². The first-order chi connectivity index (χ1) is 16.0. The molecule has 2 aromatic rings. The van der Waals surface area contributed by atoms with Crippen molar-refractivity contribution >= 4 is 29.0 Å². The normalized spacial score (nSPS) is 28.5. The minimum absolute atomic E-state index is 0.0242. The summed E-state index contributed by atoms with van der Waals surface area (Å²) < 4.78 is 21.4. The fourth-order valence-corrected chi connectivity index (χ4v) is 6.03. The highest BCUT2D eigenvalue weighted by molar-refractivity contribution is 6.35. The van der Waals surface area contributed by atoms with Crippen LogP contribution in [0, 0.1) is 11.7 Å². The molecule has 1 aliphatic carbocycles. The molecule has 4 unspecified atom stereocenters.